The molecule has 0 heterocycles. The van der Waals surface area contributed by atoms with Gasteiger partial charge in [-0.3, -0.25) is 0 Å². The number of rotatable bonds is 15. The first-order valence-corrected chi connectivity index (χ1v) is 11.7. The van der Waals surface area contributed by atoms with Crippen LogP contribution in [-0.4, -0.2) is 18.9 Å². The summed E-state index contributed by atoms with van der Waals surface area (Å²) in [5.41, 5.74) is 0. The Bertz CT molecular complexity index is 352. The van der Waals surface area contributed by atoms with Crippen LogP contribution in [-0.2, 0) is 9.84 Å². The largest absolute Gasteiger partial charge is 0.228 e. The predicted octanol–water partition coefficient (Wildman–Crippen LogP) is 6.68. The molecule has 0 aliphatic rings. The lowest BCUT2D eigenvalue weighted by Crippen LogP contribution is -2.30. The van der Waals surface area contributed by atoms with E-state index >= 15 is 0 Å². The maximum Gasteiger partial charge on any atom is 0.155 e. The van der Waals surface area contributed by atoms with Crippen LogP contribution in [0.25, 0.3) is 0 Å². The third kappa shape index (κ3) is 13.0. The van der Waals surface area contributed by atoms with Crippen LogP contribution in [0.2, 0.25) is 0 Å². The number of unbranched alkanes of at least 4 members (excludes halogenated alkanes) is 13. The molecule has 0 bridgehead atoms. The van der Waals surface area contributed by atoms with Crippen molar-refractivity contribution in [3.05, 3.63) is 0 Å². The second kappa shape index (κ2) is 13.3. The second-order valence-corrected chi connectivity index (χ2v) is 10.9. The summed E-state index contributed by atoms with van der Waals surface area (Å²) in [4.78, 5) is 0. The fraction of sp³-hybridized carbons (Fsp3) is 1.00. The van der Waals surface area contributed by atoms with Crippen LogP contribution < -0.4 is 0 Å². The zero-order valence-corrected chi connectivity index (χ0v) is 17.1. The first-order valence-electron chi connectivity index (χ1n) is 10.0. The van der Waals surface area contributed by atoms with Gasteiger partial charge in [0.2, 0.25) is 0 Å². The van der Waals surface area contributed by atoms with Crippen molar-refractivity contribution in [3.63, 3.8) is 0 Å². The van der Waals surface area contributed by atoms with E-state index in [9.17, 15) is 8.42 Å². The van der Waals surface area contributed by atoms with E-state index in [0.717, 1.165) is 12.8 Å². The zero-order chi connectivity index (χ0) is 17.6. The topological polar surface area (TPSA) is 34.1 Å². The van der Waals surface area contributed by atoms with Gasteiger partial charge in [0.25, 0.3) is 0 Å². The Morgan fingerprint density at radius 1 is 0.565 bits per heavy atom. The quantitative estimate of drug-likeness (QED) is 0.310. The van der Waals surface area contributed by atoms with Crippen molar-refractivity contribution in [3.8, 4) is 0 Å². The molecule has 0 aliphatic heterocycles. The second-order valence-electron chi connectivity index (χ2n) is 8.03. The fourth-order valence-corrected chi connectivity index (χ4v) is 3.99. The van der Waals surface area contributed by atoms with Crippen molar-refractivity contribution in [1.29, 1.82) is 0 Å². The van der Waals surface area contributed by atoms with E-state index < -0.39 is 14.6 Å². The molecule has 0 spiro atoms. The molecule has 0 aromatic carbocycles. The molecule has 0 unspecified atom stereocenters. The Balaban J connectivity index is 3.29. The van der Waals surface area contributed by atoms with Crippen LogP contribution in [0.5, 0.6) is 0 Å². The number of hydrogen-bond donors (Lipinski definition) is 0. The van der Waals surface area contributed by atoms with Crippen molar-refractivity contribution in [2.45, 2.75) is 122 Å². The summed E-state index contributed by atoms with van der Waals surface area (Å²) in [5.74, 6) is 0.356. The third-order valence-corrected chi connectivity index (χ3v) is 7.39. The van der Waals surface area contributed by atoms with E-state index in [1.54, 1.807) is 20.8 Å². The van der Waals surface area contributed by atoms with Gasteiger partial charge < -0.3 is 0 Å². The van der Waals surface area contributed by atoms with E-state index in [2.05, 4.69) is 6.92 Å². The van der Waals surface area contributed by atoms with Gasteiger partial charge in [-0.05, 0) is 27.2 Å². The SMILES string of the molecule is CCCCCCCCCCCCCCCCS(=O)(=O)C(C)(C)C. The van der Waals surface area contributed by atoms with Gasteiger partial charge in [-0.25, -0.2) is 8.42 Å². The molecule has 0 atom stereocenters. The average Bonchev–Trinajstić information content (AvgIpc) is 2.46. The van der Waals surface area contributed by atoms with Crippen LogP contribution in [0.3, 0.4) is 0 Å². The maximum absolute atomic E-state index is 12.0. The molecule has 0 fully saturated rings. The molecule has 0 saturated heterocycles. The Morgan fingerprint density at radius 2 is 0.870 bits per heavy atom. The molecule has 3 heteroatoms. The molecule has 140 valence electrons. The van der Waals surface area contributed by atoms with Gasteiger partial charge in [-0.2, -0.15) is 0 Å². The molecule has 0 radical (unpaired) electrons. The van der Waals surface area contributed by atoms with Crippen molar-refractivity contribution in [1.82, 2.24) is 0 Å². The molecular formula is C20H42O2S. The predicted molar refractivity (Wildman–Crippen MR) is 104 cm³/mol. The van der Waals surface area contributed by atoms with Crippen LogP contribution in [0.1, 0.15) is 118 Å². The van der Waals surface area contributed by atoms with Crippen LogP contribution >= 0.6 is 0 Å². The molecule has 0 aliphatic carbocycles. The molecule has 0 amide bonds. The minimum Gasteiger partial charge on any atom is -0.228 e. The molecule has 0 aromatic heterocycles. The Hall–Kier alpha value is -0.0500. The van der Waals surface area contributed by atoms with Crippen molar-refractivity contribution in [2.24, 2.45) is 0 Å². The molecule has 0 N–H and O–H groups in total. The van der Waals surface area contributed by atoms with E-state index in [0.29, 0.717) is 5.75 Å². The number of sulfone groups is 1. The lowest BCUT2D eigenvalue weighted by molar-refractivity contribution is 0.534. The van der Waals surface area contributed by atoms with Crippen molar-refractivity contribution < 1.29 is 8.42 Å². The highest BCUT2D eigenvalue weighted by molar-refractivity contribution is 7.92. The van der Waals surface area contributed by atoms with E-state index in [1.165, 1.54) is 77.0 Å². The van der Waals surface area contributed by atoms with E-state index in [4.69, 9.17) is 0 Å². The van der Waals surface area contributed by atoms with Crippen LogP contribution in [0.4, 0.5) is 0 Å². The summed E-state index contributed by atoms with van der Waals surface area (Å²) < 4.78 is 23.3. The molecule has 0 rings (SSSR count). The monoisotopic (exact) mass is 346 g/mol. The Kier molecular flexibility index (Phi) is 13.2. The van der Waals surface area contributed by atoms with Gasteiger partial charge >= 0.3 is 0 Å². The lowest BCUT2D eigenvalue weighted by atomic mass is 10.0. The van der Waals surface area contributed by atoms with Crippen molar-refractivity contribution >= 4 is 9.84 Å². The van der Waals surface area contributed by atoms with Gasteiger partial charge in [0, 0.05) is 0 Å². The summed E-state index contributed by atoms with van der Waals surface area (Å²) in [5, 5.41) is 0. The summed E-state index contributed by atoms with van der Waals surface area (Å²) in [6, 6.07) is 0. The minimum atomic E-state index is -2.91. The van der Waals surface area contributed by atoms with Gasteiger partial charge in [0.15, 0.2) is 9.84 Å². The molecule has 0 aromatic rings. The summed E-state index contributed by atoms with van der Waals surface area (Å²) in [6.45, 7) is 7.66. The van der Waals surface area contributed by atoms with Gasteiger partial charge in [0.05, 0.1) is 10.5 Å². The Morgan fingerprint density at radius 3 is 1.17 bits per heavy atom. The van der Waals surface area contributed by atoms with Crippen molar-refractivity contribution in [2.75, 3.05) is 5.75 Å². The highest BCUT2D eigenvalue weighted by Gasteiger charge is 2.27. The summed E-state index contributed by atoms with van der Waals surface area (Å²) in [6.07, 6.45) is 18.2. The first kappa shape index (κ1) is 22.9. The fourth-order valence-electron chi connectivity index (χ4n) is 2.79. The molecule has 2 nitrogen and oxygen atoms in total. The highest BCUT2D eigenvalue weighted by Crippen LogP contribution is 2.18. The Labute approximate surface area is 146 Å². The zero-order valence-electron chi connectivity index (χ0n) is 16.3. The smallest absolute Gasteiger partial charge is 0.155 e. The molecular weight excluding hydrogens is 304 g/mol. The summed E-state index contributed by atoms with van der Waals surface area (Å²) in [7, 11) is -2.91. The standard InChI is InChI=1S/C20H42O2S/c1-5-6-7-8-9-10-11-12-13-14-15-16-17-18-19-23(21,22)20(2,3)4/h5-19H2,1-4H3. The van der Waals surface area contributed by atoms with Gasteiger partial charge in [0.1, 0.15) is 0 Å². The minimum absolute atomic E-state index is 0.356. The first-order chi connectivity index (χ1) is 10.8. The van der Waals surface area contributed by atoms with E-state index in [-0.39, 0.29) is 0 Å². The normalized spacial score (nSPS) is 12.7. The molecule has 0 saturated carbocycles. The maximum atomic E-state index is 12.0. The third-order valence-electron chi connectivity index (χ3n) is 4.70. The lowest BCUT2D eigenvalue weighted by Gasteiger charge is -2.18. The van der Waals surface area contributed by atoms with Gasteiger partial charge in [-0.1, -0.05) is 90.4 Å². The van der Waals surface area contributed by atoms with Gasteiger partial charge in [-0.15, -0.1) is 0 Å². The highest BCUT2D eigenvalue weighted by atomic mass is 32.2. The van der Waals surface area contributed by atoms with Crippen LogP contribution in [0, 0.1) is 0 Å². The van der Waals surface area contributed by atoms with Crippen LogP contribution in [0.15, 0.2) is 0 Å². The number of hydrogen-bond acceptors (Lipinski definition) is 2. The molecule has 23 heavy (non-hydrogen) atoms. The average molecular weight is 347 g/mol. The summed E-state index contributed by atoms with van der Waals surface area (Å²) >= 11 is 0. The van der Waals surface area contributed by atoms with E-state index in [1.807, 2.05) is 0 Å².